The van der Waals surface area contributed by atoms with Crippen molar-refractivity contribution in [1.82, 2.24) is 0 Å². The Kier molecular flexibility index (Phi) is 2.44. The van der Waals surface area contributed by atoms with Crippen LogP contribution >= 0.6 is 15.9 Å². The Morgan fingerprint density at radius 3 is 2.72 bits per heavy atom. The molecule has 0 radical (unpaired) electrons. The van der Waals surface area contributed by atoms with E-state index < -0.39 is 0 Å². The van der Waals surface area contributed by atoms with Gasteiger partial charge in [0.05, 0.1) is 11.1 Å². The van der Waals surface area contributed by atoms with Crippen LogP contribution in [0.25, 0.3) is 0 Å². The van der Waals surface area contributed by atoms with E-state index in [1.807, 2.05) is 0 Å². The minimum absolute atomic E-state index is 0.0258. The summed E-state index contributed by atoms with van der Waals surface area (Å²) < 4.78 is 6.78. The highest BCUT2D eigenvalue weighted by Gasteiger charge is 2.52. The molecule has 0 amide bonds. The lowest BCUT2D eigenvalue weighted by molar-refractivity contribution is -0.109. The fourth-order valence-corrected chi connectivity index (χ4v) is 3.41. The molecule has 96 valence electrons. The Balaban J connectivity index is 2.10. The van der Waals surface area contributed by atoms with Gasteiger partial charge in [0, 0.05) is 22.3 Å². The zero-order valence-electron chi connectivity index (χ0n) is 10.9. The van der Waals surface area contributed by atoms with E-state index >= 15 is 0 Å². The smallest absolute Gasteiger partial charge is 0.137 e. The molecule has 2 aliphatic rings. The van der Waals surface area contributed by atoms with Crippen molar-refractivity contribution in [1.29, 1.82) is 0 Å². The van der Waals surface area contributed by atoms with Crippen LogP contribution in [0.3, 0.4) is 0 Å². The average molecular weight is 309 g/mol. The monoisotopic (exact) mass is 308 g/mol. The highest BCUT2D eigenvalue weighted by molar-refractivity contribution is 9.10. The van der Waals surface area contributed by atoms with Crippen molar-refractivity contribution < 1.29 is 9.53 Å². The lowest BCUT2D eigenvalue weighted by Crippen LogP contribution is -2.18. The van der Waals surface area contributed by atoms with Gasteiger partial charge in [0.15, 0.2) is 0 Å². The van der Waals surface area contributed by atoms with Gasteiger partial charge in [-0.2, -0.15) is 0 Å². The normalized spacial score (nSPS) is 31.7. The molecule has 0 spiro atoms. The Hall–Kier alpha value is -0.830. The SMILES string of the molecule is CC1(C)COc2c(Br)cc([C@@]3(C)C[C@@H]3C=O)cc21. The fourth-order valence-electron chi connectivity index (χ4n) is 2.83. The summed E-state index contributed by atoms with van der Waals surface area (Å²) in [5.41, 5.74) is 2.58. The van der Waals surface area contributed by atoms with Crippen LogP contribution in [0, 0.1) is 5.92 Å². The second-order valence-corrected chi connectivity index (χ2v) is 7.23. The summed E-state index contributed by atoms with van der Waals surface area (Å²) in [5, 5.41) is 0. The molecule has 1 saturated carbocycles. The predicted molar refractivity (Wildman–Crippen MR) is 74.2 cm³/mol. The first-order valence-corrected chi connectivity index (χ1v) is 7.10. The standard InChI is InChI=1S/C15H17BrO2/c1-14(2)8-18-13-11(14)4-9(5-12(13)16)15(3)6-10(15)7-17/h4-5,7,10H,6,8H2,1-3H3/t10-,15-/m1/s1. The minimum Gasteiger partial charge on any atom is -0.491 e. The number of fused-ring (bicyclic) bond motifs is 1. The van der Waals surface area contributed by atoms with Crippen LogP contribution in [-0.2, 0) is 15.6 Å². The van der Waals surface area contributed by atoms with Gasteiger partial charge >= 0.3 is 0 Å². The number of halogens is 1. The molecule has 1 fully saturated rings. The van der Waals surface area contributed by atoms with E-state index in [4.69, 9.17) is 4.74 Å². The number of aldehydes is 1. The second-order valence-electron chi connectivity index (χ2n) is 6.37. The van der Waals surface area contributed by atoms with Crippen LogP contribution in [0.4, 0.5) is 0 Å². The Morgan fingerprint density at radius 2 is 2.11 bits per heavy atom. The molecule has 0 unspecified atom stereocenters. The van der Waals surface area contributed by atoms with Crippen molar-refractivity contribution in [2.45, 2.75) is 38.0 Å². The highest BCUT2D eigenvalue weighted by Crippen LogP contribution is 2.55. The van der Waals surface area contributed by atoms with Gasteiger partial charge in [-0.05, 0) is 34.0 Å². The zero-order chi connectivity index (χ0) is 13.1. The Labute approximate surface area is 116 Å². The summed E-state index contributed by atoms with van der Waals surface area (Å²) >= 11 is 3.60. The number of ether oxygens (including phenoxy) is 1. The van der Waals surface area contributed by atoms with Crippen LogP contribution in [0.5, 0.6) is 5.75 Å². The summed E-state index contributed by atoms with van der Waals surface area (Å²) in [5.74, 6) is 1.14. The number of carbonyl (C=O) groups is 1. The highest BCUT2D eigenvalue weighted by atomic mass is 79.9. The Morgan fingerprint density at radius 1 is 1.39 bits per heavy atom. The topological polar surface area (TPSA) is 26.3 Å². The van der Waals surface area contributed by atoms with Crippen molar-refractivity contribution in [3.8, 4) is 5.75 Å². The van der Waals surface area contributed by atoms with Crippen LogP contribution < -0.4 is 4.74 Å². The molecule has 2 nitrogen and oxygen atoms in total. The summed E-state index contributed by atoms with van der Waals surface area (Å²) in [4.78, 5) is 11.0. The minimum atomic E-state index is 0.0258. The molecule has 18 heavy (non-hydrogen) atoms. The maximum atomic E-state index is 11.0. The summed E-state index contributed by atoms with van der Waals surface area (Å²) in [6, 6.07) is 4.35. The third-order valence-corrected chi connectivity index (χ3v) is 5.07. The van der Waals surface area contributed by atoms with Gasteiger partial charge in [-0.15, -0.1) is 0 Å². The number of rotatable bonds is 2. The summed E-state index contributed by atoms with van der Waals surface area (Å²) in [6.45, 7) is 7.28. The van der Waals surface area contributed by atoms with Gasteiger partial charge < -0.3 is 9.53 Å². The predicted octanol–water partition coefficient (Wildman–Crippen LogP) is 3.60. The van der Waals surface area contributed by atoms with E-state index in [0.717, 1.165) is 29.5 Å². The van der Waals surface area contributed by atoms with E-state index in [9.17, 15) is 4.79 Å². The van der Waals surface area contributed by atoms with E-state index in [1.54, 1.807) is 0 Å². The number of hydrogen-bond donors (Lipinski definition) is 0. The van der Waals surface area contributed by atoms with Crippen molar-refractivity contribution in [3.05, 3.63) is 27.7 Å². The van der Waals surface area contributed by atoms with Crippen LogP contribution in [-0.4, -0.2) is 12.9 Å². The van der Waals surface area contributed by atoms with E-state index in [1.165, 1.54) is 11.1 Å². The second kappa shape index (κ2) is 3.60. The van der Waals surface area contributed by atoms with Crippen LogP contribution in [0.2, 0.25) is 0 Å². The quantitative estimate of drug-likeness (QED) is 0.780. The molecule has 1 aliphatic heterocycles. The number of hydrogen-bond acceptors (Lipinski definition) is 2. The van der Waals surface area contributed by atoms with Crippen molar-refractivity contribution >= 4 is 22.2 Å². The van der Waals surface area contributed by atoms with Crippen molar-refractivity contribution in [2.24, 2.45) is 5.92 Å². The Bertz CT molecular complexity index is 536. The first kappa shape index (κ1) is 12.2. The van der Waals surface area contributed by atoms with Gasteiger partial charge in [-0.25, -0.2) is 0 Å². The number of carbonyl (C=O) groups excluding carboxylic acids is 1. The molecule has 3 heteroatoms. The first-order chi connectivity index (χ1) is 8.38. The molecule has 3 rings (SSSR count). The molecule has 2 atom stereocenters. The van der Waals surface area contributed by atoms with E-state index in [0.29, 0.717) is 0 Å². The molecule has 0 aromatic heterocycles. The molecule has 1 aromatic rings. The lowest BCUT2D eigenvalue weighted by atomic mass is 9.83. The molecular weight excluding hydrogens is 292 g/mol. The van der Waals surface area contributed by atoms with Crippen LogP contribution in [0.1, 0.15) is 38.3 Å². The molecule has 0 saturated heterocycles. The maximum absolute atomic E-state index is 11.0. The van der Waals surface area contributed by atoms with E-state index in [-0.39, 0.29) is 16.7 Å². The van der Waals surface area contributed by atoms with Gasteiger partial charge in [-0.1, -0.05) is 26.8 Å². The lowest BCUT2D eigenvalue weighted by Gasteiger charge is -2.18. The number of benzene rings is 1. The molecule has 0 N–H and O–H groups in total. The third kappa shape index (κ3) is 1.56. The van der Waals surface area contributed by atoms with Crippen LogP contribution in [0.15, 0.2) is 16.6 Å². The average Bonchev–Trinajstić information content (AvgIpc) is 2.89. The van der Waals surface area contributed by atoms with E-state index in [2.05, 4.69) is 48.8 Å². The maximum Gasteiger partial charge on any atom is 0.137 e. The fraction of sp³-hybridized carbons (Fsp3) is 0.533. The molecule has 1 heterocycles. The van der Waals surface area contributed by atoms with Gasteiger partial charge in [0.2, 0.25) is 0 Å². The van der Waals surface area contributed by atoms with Gasteiger partial charge in [0.1, 0.15) is 12.0 Å². The van der Waals surface area contributed by atoms with Gasteiger partial charge in [-0.3, -0.25) is 0 Å². The molecule has 1 aromatic carbocycles. The van der Waals surface area contributed by atoms with Crippen molar-refractivity contribution in [3.63, 3.8) is 0 Å². The zero-order valence-corrected chi connectivity index (χ0v) is 12.5. The van der Waals surface area contributed by atoms with Crippen molar-refractivity contribution in [2.75, 3.05) is 6.61 Å². The van der Waals surface area contributed by atoms with Gasteiger partial charge in [0.25, 0.3) is 0 Å². The third-order valence-electron chi connectivity index (χ3n) is 4.48. The summed E-state index contributed by atoms with van der Waals surface area (Å²) in [7, 11) is 0. The first-order valence-electron chi connectivity index (χ1n) is 6.31. The molecule has 0 bridgehead atoms. The summed E-state index contributed by atoms with van der Waals surface area (Å²) in [6.07, 6.45) is 2.05. The molecule has 1 aliphatic carbocycles. The largest absolute Gasteiger partial charge is 0.491 e. The molecular formula is C15H17BrO2.